The Kier molecular flexibility index (Phi) is 4.58. The highest BCUT2D eigenvalue weighted by Crippen LogP contribution is 2.28. The van der Waals surface area contributed by atoms with Gasteiger partial charge in [0.05, 0.1) is 19.8 Å². The van der Waals surface area contributed by atoms with Crippen LogP contribution in [0.5, 0.6) is 0 Å². The third-order valence-electron chi connectivity index (χ3n) is 3.71. The second-order valence-corrected chi connectivity index (χ2v) is 6.70. The molecule has 0 amide bonds. The van der Waals surface area contributed by atoms with Gasteiger partial charge in [0.25, 0.3) is 0 Å². The van der Waals surface area contributed by atoms with Crippen LogP contribution in [0.1, 0.15) is 34.6 Å². The lowest BCUT2D eigenvalue weighted by atomic mass is 9.81. The highest BCUT2D eigenvalue weighted by atomic mass is 16.5. The number of hydrogen-bond donors (Lipinski definition) is 2. The number of aliphatic hydroxyl groups is 1. The summed E-state index contributed by atoms with van der Waals surface area (Å²) in [6, 6.07) is -0.0567. The minimum absolute atomic E-state index is 0.00565. The second-order valence-electron chi connectivity index (χ2n) is 6.70. The largest absolute Gasteiger partial charge is 0.395 e. The molecule has 17 heavy (non-hydrogen) atoms. The number of rotatable bonds is 3. The summed E-state index contributed by atoms with van der Waals surface area (Å²) in [5.41, 5.74) is 6.24. The van der Waals surface area contributed by atoms with E-state index >= 15 is 0 Å². The summed E-state index contributed by atoms with van der Waals surface area (Å²) in [7, 11) is 0. The standard InChI is InChI=1S/C13H28N2O2/c1-12(2,3)11(14)10(8-16)15-6-7-17-9-13(15,4)5/h10-11,16H,6-9,14H2,1-5H3. The number of nitrogens with two attached hydrogens (primary N) is 1. The van der Waals surface area contributed by atoms with Crippen molar-refractivity contribution in [1.82, 2.24) is 4.90 Å². The third-order valence-corrected chi connectivity index (χ3v) is 3.71. The maximum atomic E-state index is 9.68. The Morgan fingerprint density at radius 3 is 2.41 bits per heavy atom. The van der Waals surface area contributed by atoms with Gasteiger partial charge in [-0.05, 0) is 19.3 Å². The average molecular weight is 244 g/mol. The van der Waals surface area contributed by atoms with Crippen LogP contribution < -0.4 is 5.73 Å². The van der Waals surface area contributed by atoms with Crippen molar-refractivity contribution in [3.05, 3.63) is 0 Å². The molecule has 0 saturated carbocycles. The van der Waals surface area contributed by atoms with Gasteiger partial charge < -0.3 is 15.6 Å². The Bertz CT molecular complexity index is 248. The molecule has 0 radical (unpaired) electrons. The van der Waals surface area contributed by atoms with Crippen LogP contribution in [-0.2, 0) is 4.74 Å². The van der Waals surface area contributed by atoms with Crippen molar-refractivity contribution < 1.29 is 9.84 Å². The Morgan fingerprint density at radius 1 is 1.41 bits per heavy atom. The number of hydrogen-bond acceptors (Lipinski definition) is 4. The van der Waals surface area contributed by atoms with Crippen LogP contribution in [0.25, 0.3) is 0 Å². The fraction of sp³-hybridized carbons (Fsp3) is 1.00. The molecule has 0 bridgehead atoms. The number of morpholine rings is 1. The predicted octanol–water partition coefficient (Wildman–Crippen LogP) is 0.832. The fourth-order valence-electron chi connectivity index (χ4n) is 2.47. The van der Waals surface area contributed by atoms with Crippen LogP contribution >= 0.6 is 0 Å². The van der Waals surface area contributed by atoms with Gasteiger partial charge in [0.2, 0.25) is 0 Å². The summed E-state index contributed by atoms with van der Waals surface area (Å²) in [6.07, 6.45) is 0. The molecule has 1 rings (SSSR count). The molecular formula is C13H28N2O2. The number of aliphatic hydroxyl groups excluding tert-OH is 1. The molecule has 0 aromatic carbocycles. The molecule has 1 fully saturated rings. The number of ether oxygens (including phenoxy) is 1. The van der Waals surface area contributed by atoms with Crippen LogP contribution in [0.4, 0.5) is 0 Å². The average Bonchev–Trinajstić information content (AvgIpc) is 2.19. The lowest BCUT2D eigenvalue weighted by Gasteiger charge is -2.49. The quantitative estimate of drug-likeness (QED) is 0.772. The van der Waals surface area contributed by atoms with Crippen LogP contribution in [0.3, 0.4) is 0 Å². The summed E-state index contributed by atoms with van der Waals surface area (Å²) < 4.78 is 5.51. The molecule has 3 N–H and O–H groups in total. The monoisotopic (exact) mass is 244 g/mol. The maximum absolute atomic E-state index is 9.68. The molecule has 4 nitrogen and oxygen atoms in total. The summed E-state index contributed by atoms with van der Waals surface area (Å²) in [6.45, 7) is 13.0. The first-order valence-electron chi connectivity index (χ1n) is 6.41. The molecular weight excluding hydrogens is 216 g/mol. The van der Waals surface area contributed by atoms with E-state index in [9.17, 15) is 5.11 Å². The zero-order chi connectivity index (χ0) is 13.3. The molecule has 0 aromatic rings. The van der Waals surface area contributed by atoms with E-state index in [1.165, 1.54) is 0 Å². The van der Waals surface area contributed by atoms with E-state index in [1.54, 1.807) is 0 Å². The molecule has 102 valence electrons. The smallest absolute Gasteiger partial charge is 0.0645 e. The normalized spacial score (nSPS) is 25.6. The summed E-state index contributed by atoms with van der Waals surface area (Å²) in [5, 5.41) is 9.68. The SMILES string of the molecule is CC(C)(C)C(N)C(CO)N1CCOCC1(C)C. The zero-order valence-electron chi connectivity index (χ0n) is 11.9. The molecule has 4 heteroatoms. The van der Waals surface area contributed by atoms with Crippen LogP contribution in [0.2, 0.25) is 0 Å². The second kappa shape index (κ2) is 5.22. The van der Waals surface area contributed by atoms with Gasteiger partial charge in [0.1, 0.15) is 0 Å². The Morgan fingerprint density at radius 2 is 2.00 bits per heavy atom. The van der Waals surface area contributed by atoms with Gasteiger partial charge in [-0.25, -0.2) is 0 Å². The Labute approximate surface area is 105 Å². The topological polar surface area (TPSA) is 58.7 Å². The molecule has 0 aromatic heterocycles. The van der Waals surface area contributed by atoms with E-state index in [-0.39, 0.29) is 29.6 Å². The third kappa shape index (κ3) is 3.41. The van der Waals surface area contributed by atoms with E-state index in [0.717, 1.165) is 13.2 Å². The highest BCUT2D eigenvalue weighted by molar-refractivity contribution is 4.96. The van der Waals surface area contributed by atoms with Crippen LogP contribution in [0, 0.1) is 5.41 Å². The van der Waals surface area contributed by atoms with Crippen molar-refractivity contribution in [3.63, 3.8) is 0 Å². The van der Waals surface area contributed by atoms with E-state index in [4.69, 9.17) is 10.5 Å². The zero-order valence-corrected chi connectivity index (χ0v) is 11.9. The first-order chi connectivity index (χ1) is 7.70. The van der Waals surface area contributed by atoms with Gasteiger partial charge in [0.15, 0.2) is 0 Å². The van der Waals surface area contributed by atoms with Crippen molar-refractivity contribution in [2.24, 2.45) is 11.1 Å². The maximum Gasteiger partial charge on any atom is 0.0645 e. The molecule has 1 aliphatic rings. The Hall–Kier alpha value is -0.160. The van der Waals surface area contributed by atoms with E-state index < -0.39 is 0 Å². The summed E-state index contributed by atoms with van der Waals surface area (Å²) >= 11 is 0. The van der Waals surface area contributed by atoms with Crippen LogP contribution in [0.15, 0.2) is 0 Å². The molecule has 0 spiro atoms. The highest BCUT2D eigenvalue weighted by Gasteiger charge is 2.40. The van der Waals surface area contributed by atoms with Gasteiger partial charge >= 0.3 is 0 Å². The lowest BCUT2D eigenvalue weighted by molar-refractivity contribution is -0.0922. The summed E-state index contributed by atoms with van der Waals surface area (Å²) in [5.74, 6) is 0. The Balaban J connectivity index is 2.86. The first kappa shape index (κ1) is 14.9. The molecule has 1 aliphatic heterocycles. The van der Waals surface area contributed by atoms with Crippen molar-refractivity contribution in [2.75, 3.05) is 26.4 Å². The van der Waals surface area contributed by atoms with Crippen molar-refractivity contribution in [3.8, 4) is 0 Å². The molecule has 0 aliphatic carbocycles. The van der Waals surface area contributed by atoms with Gasteiger partial charge in [-0.1, -0.05) is 20.8 Å². The van der Waals surface area contributed by atoms with Gasteiger partial charge in [-0.15, -0.1) is 0 Å². The van der Waals surface area contributed by atoms with Crippen molar-refractivity contribution in [1.29, 1.82) is 0 Å². The van der Waals surface area contributed by atoms with Crippen molar-refractivity contribution in [2.45, 2.75) is 52.2 Å². The van der Waals surface area contributed by atoms with E-state index in [0.29, 0.717) is 6.61 Å². The molecule has 2 atom stereocenters. The lowest BCUT2D eigenvalue weighted by Crippen LogP contribution is -2.64. The van der Waals surface area contributed by atoms with E-state index in [2.05, 4.69) is 39.5 Å². The first-order valence-corrected chi connectivity index (χ1v) is 6.41. The van der Waals surface area contributed by atoms with Crippen LogP contribution in [-0.4, -0.2) is 54.0 Å². The number of nitrogens with zero attached hydrogens (tertiary/aromatic N) is 1. The minimum atomic E-state index is -0.0610. The van der Waals surface area contributed by atoms with E-state index in [1.807, 2.05) is 0 Å². The molecule has 1 saturated heterocycles. The fourth-order valence-corrected chi connectivity index (χ4v) is 2.47. The minimum Gasteiger partial charge on any atom is -0.395 e. The molecule has 2 unspecified atom stereocenters. The van der Waals surface area contributed by atoms with Gasteiger partial charge in [0, 0.05) is 24.2 Å². The summed E-state index contributed by atoms with van der Waals surface area (Å²) in [4.78, 5) is 2.30. The van der Waals surface area contributed by atoms with Gasteiger partial charge in [-0.2, -0.15) is 0 Å². The van der Waals surface area contributed by atoms with Gasteiger partial charge in [-0.3, -0.25) is 4.90 Å². The predicted molar refractivity (Wildman–Crippen MR) is 69.9 cm³/mol. The van der Waals surface area contributed by atoms with Crippen molar-refractivity contribution >= 4 is 0 Å². The molecule has 1 heterocycles.